The highest BCUT2D eigenvalue weighted by Gasteiger charge is 2.25. The fourth-order valence-corrected chi connectivity index (χ4v) is 5.57. The van der Waals surface area contributed by atoms with Gasteiger partial charge in [-0.2, -0.15) is 0 Å². The topological polar surface area (TPSA) is 155 Å². The van der Waals surface area contributed by atoms with Crippen molar-refractivity contribution in [3.8, 4) is 0 Å². The summed E-state index contributed by atoms with van der Waals surface area (Å²) in [6.45, 7) is 3.31. The van der Waals surface area contributed by atoms with E-state index in [9.17, 15) is 24.2 Å². The number of carbonyl (C=O) groups is 2. The van der Waals surface area contributed by atoms with Gasteiger partial charge < -0.3 is 25.2 Å². The van der Waals surface area contributed by atoms with Crippen LogP contribution in [-0.4, -0.2) is 60.5 Å². The van der Waals surface area contributed by atoms with E-state index in [0.717, 1.165) is 89.9 Å². The summed E-state index contributed by atoms with van der Waals surface area (Å²) in [5, 5.41) is 9.85. The molecule has 0 radical (unpaired) electrons. The van der Waals surface area contributed by atoms with Gasteiger partial charge in [0.1, 0.15) is 6.61 Å². The third-order valence-corrected chi connectivity index (χ3v) is 8.65. The van der Waals surface area contributed by atoms with Crippen LogP contribution >= 0.6 is 7.82 Å². The van der Waals surface area contributed by atoms with Gasteiger partial charge in [-0.1, -0.05) is 125 Å². The number of unbranched alkanes of at least 4 members (excludes halogenated alkanes) is 10. The highest BCUT2D eigenvalue weighted by Crippen LogP contribution is 2.43. The van der Waals surface area contributed by atoms with Crippen LogP contribution in [0.1, 0.15) is 136 Å². The van der Waals surface area contributed by atoms with Crippen LogP contribution in [0.3, 0.4) is 0 Å². The van der Waals surface area contributed by atoms with Crippen molar-refractivity contribution in [3.63, 3.8) is 0 Å². The number of hydrogen-bond donors (Lipinski definition) is 3. The molecule has 0 aliphatic rings. The molecular weight excluding hydrogens is 681 g/mol. The van der Waals surface area contributed by atoms with Gasteiger partial charge in [0.2, 0.25) is 0 Å². The van der Waals surface area contributed by atoms with E-state index < -0.39 is 38.6 Å². The molecule has 298 valence electrons. The molecule has 0 amide bonds. The maximum absolute atomic E-state index is 12.5. The first-order valence-corrected chi connectivity index (χ1v) is 21.0. The van der Waals surface area contributed by atoms with Crippen molar-refractivity contribution in [2.45, 2.75) is 148 Å². The summed E-state index contributed by atoms with van der Waals surface area (Å²) in [6, 6.07) is 0. The third kappa shape index (κ3) is 35.8. The molecular formula is C41H70NO9P. The molecule has 0 fully saturated rings. The molecule has 0 rings (SSSR count). The Labute approximate surface area is 314 Å². The van der Waals surface area contributed by atoms with Crippen LogP contribution in [-0.2, 0) is 32.7 Å². The zero-order valence-electron chi connectivity index (χ0n) is 32.1. The zero-order valence-corrected chi connectivity index (χ0v) is 33.0. The van der Waals surface area contributed by atoms with Gasteiger partial charge in [0.25, 0.3) is 0 Å². The molecule has 2 unspecified atom stereocenters. The fraction of sp³-hybridized carbons (Fsp3) is 0.659. The average Bonchev–Trinajstić information content (AvgIpc) is 3.12. The summed E-state index contributed by atoms with van der Waals surface area (Å²) >= 11 is 0. The molecule has 0 aliphatic heterocycles. The van der Waals surface area contributed by atoms with Crippen LogP contribution in [0.4, 0.5) is 0 Å². The Bertz CT molecular complexity index is 1100. The van der Waals surface area contributed by atoms with E-state index in [1.54, 1.807) is 6.08 Å². The van der Waals surface area contributed by atoms with E-state index in [4.69, 9.17) is 24.3 Å². The lowest BCUT2D eigenvalue weighted by Gasteiger charge is -2.19. The van der Waals surface area contributed by atoms with E-state index in [-0.39, 0.29) is 32.6 Å². The van der Waals surface area contributed by atoms with Crippen molar-refractivity contribution in [2.24, 2.45) is 5.73 Å². The van der Waals surface area contributed by atoms with Crippen LogP contribution in [0, 0.1) is 0 Å². The molecule has 52 heavy (non-hydrogen) atoms. The minimum absolute atomic E-state index is 0.0354. The number of allylic oxidation sites excluding steroid dienone is 10. The minimum Gasteiger partial charge on any atom is -0.462 e. The van der Waals surface area contributed by atoms with Gasteiger partial charge in [0, 0.05) is 19.4 Å². The van der Waals surface area contributed by atoms with Crippen LogP contribution in [0.2, 0.25) is 0 Å². The summed E-state index contributed by atoms with van der Waals surface area (Å²) in [6.07, 6.45) is 39.8. The van der Waals surface area contributed by atoms with Crippen molar-refractivity contribution in [1.29, 1.82) is 0 Å². The molecule has 11 heteroatoms. The van der Waals surface area contributed by atoms with Gasteiger partial charge in [0.05, 0.1) is 19.3 Å². The standard InChI is InChI=1S/C41H70NO9P/c1-3-5-7-8-9-10-11-12-13-14-15-18-22-25-29-33-41(45)51-39(37-50-52(46,47)49-35-34-42)36-48-40(44)32-28-24-21-19-16-17-20-23-27-31-38(43)30-26-6-4-2/h5-7,9-10,12-13,20,23,26-27,31,38-39,43H,3-4,8,11,14-19,21-22,24-25,28-30,32-37,42H2,1-2H3,(H,46,47)/b7-5-,10-9-,13-12-,23-20+,26-6+,31-27+/t38?,39-/m1/s1. The quantitative estimate of drug-likeness (QED) is 0.0187. The first-order chi connectivity index (χ1) is 25.2. The number of esters is 2. The maximum Gasteiger partial charge on any atom is 0.472 e. The summed E-state index contributed by atoms with van der Waals surface area (Å²) in [5.74, 6) is -0.911. The van der Waals surface area contributed by atoms with E-state index in [2.05, 4.69) is 56.4 Å². The largest absolute Gasteiger partial charge is 0.472 e. The van der Waals surface area contributed by atoms with Crippen molar-refractivity contribution >= 4 is 19.8 Å². The number of ether oxygens (including phenoxy) is 2. The lowest BCUT2D eigenvalue weighted by molar-refractivity contribution is -0.161. The SMILES string of the molecule is CC/C=C\C/C=C\C/C=C\CCCCCCCC(=O)O[C@H](COC(=O)CCCCCCC/C=C/C=C/C(O)C/C=C/CC)COP(=O)(O)OCCN. The second-order valence-electron chi connectivity index (χ2n) is 12.6. The molecule has 0 aliphatic carbocycles. The number of aliphatic hydroxyl groups is 1. The fourth-order valence-electron chi connectivity index (χ4n) is 4.80. The van der Waals surface area contributed by atoms with E-state index in [0.29, 0.717) is 19.3 Å². The van der Waals surface area contributed by atoms with Crippen molar-refractivity contribution in [3.05, 3.63) is 72.9 Å². The highest BCUT2D eigenvalue weighted by atomic mass is 31.2. The number of aliphatic hydroxyl groups excluding tert-OH is 1. The average molecular weight is 752 g/mol. The maximum atomic E-state index is 12.5. The highest BCUT2D eigenvalue weighted by molar-refractivity contribution is 7.47. The molecule has 0 heterocycles. The first kappa shape index (κ1) is 49.4. The van der Waals surface area contributed by atoms with Crippen molar-refractivity contribution in [1.82, 2.24) is 0 Å². The Morgan fingerprint density at radius 2 is 1.23 bits per heavy atom. The second kappa shape index (κ2) is 36.8. The van der Waals surface area contributed by atoms with E-state index >= 15 is 0 Å². The van der Waals surface area contributed by atoms with Crippen LogP contribution in [0.5, 0.6) is 0 Å². The summed E-state index contributed by atoms with van der Waals surface area (Å²) in [5.41, 5.74) is 5.33. The Morgan fingerprint density at radius 1 is 0.673 bits per heavy atom. The number of carbonyl (C=O) groups excluding carboxylic acids is 2. The van der Waals surface area contributed by atoms with Gasteiger partial charge in [-0.05, 0) is 70.6 Å². The molecule has 0 bridgehead atoms. The Balaban J connectivity index is 4.32. The molecule has 0 aromatic heterocycles. The predicted octanol–water partition coefficient (Wildman–Crippen LogP) is 9.68. The predicted molar refractivity (Wildman–Crippen MR) is 212 cm³/mol. The minimum atomic E-state index is -4.40. The van der Waals surface area contributed by atoms with Crippen LogP contribution in [0.25, 0.3) is 0 Å². The molecule has 0 aromatic rings. The normalized spacial score (nSPS) is 14.8. The lowest BCUT2D eigenvalue weighted by atomic mass is 10.1. The molecule has 0 spiro atoms. The van der Waals surface area contributed by atoms with E-state index in [1.807, 2.05) is 24.3 Å². The van der Waals surface area contributed by atoms with Crippen molar-refractivity contribution < 1.29 is 42.7 Å². The number of rotatable bonds is 35. The van der Waals surface area contributed by atoms with Gasteiger partial charge >= 0.3 is 19.8 Å². The first-order valence-electron chi connectivity index (χ1n) is 19.5. The summed E-state index contributed by atoms with van der Waals surface area (Å²) in [7, 11) is -4.40. The van der Waals surface area contributed by atoms with Gasteiger partial charge in [-0.15, -0.1) is 0 Å². The third-order valence-electron chi connectivity index (χ3n) is 7.67. The summed E-state index contributed by atoms with van der Waals surface area (Å²) in [4.78, 5) is 34.8. The molecule has 4 N–H and O–H groups in total. The Kier molecular flexibility index (Phi) is 34.9. The molecule has 3 atom stereocenters. The van der Waals surface area contributed by atoms with Gasteiger partial charge in [0.15, 0.2) is 6.10 Å². The zero-order chi connectivity index (χ0) is 38.4. The molecule has 10 nitrogen and oxygen atoms in total. The number of phosphoric ester groups is 1. The van der Waals surface area contributed by atoms with Gasteiger partial charge in [-0.25, -0.2) is 4.57 Å². The number of nitrogens with two attached hydrogens (primary N) is 1. The van der Waals surface area contributed by atoms with Gasteiger partial charge in [-0.3, -0.25) is 18.6 Å². The number of hydrogen-bond acceptors (Lipinski definition) is 9. The Morgan fingerprint density at radius 3 is 1.88 bits per heavy atom. The monoisotopic (exact) mass is 751 g/mol. The van der Waals surface area contributed by atoms with E-state index in [1.165, 1.54) is 0 Å². The molecule has 0 saturated carbocycles. The summed E-state index contributed by atoms with van der Waals surface area (Å²) < 4.78 is 32.6. The lowest BCUT2D eigenvalue weighted by Crippen LogP contribution is -2.29. The smallest absolute Gasteiger partial charge is 0.462 e. The molecule has 0 saturated heterocycles. The second-order valence-corrected chi connectivity index (χ2v) is 14.0. The van der Waals surface area contributed by atoms with Crippen molar-refractivity contribution in [2.75, 3.05) is 26.4 Å². The molecule has 0 aromatic carbocycles. The Hall–Kier alpha value is -2.59. The van der Waals surface area contributed by atoms with Crippen LogP contribution in [0.15, 0.2) is 72.9 Å². The number of phosphoric acid groups is 1. The van der Waals surface area contributed by atoms with Crippen LogP contribution < -0.4 is 5.73 Å².